The minimum Gasteiger partial charge on any atom is -0.426 e. The number of carbonyl (C=O) groups excluding carboxylic acids is 1. The van der Waals surface area contributed by atoms with Crippen molar-refractivity contribution in [2.45, 2.75) is 25.7 Å². The maximum Gasteiger partial charge on any atom is 0.315 e. The van der Waals surface area contributed by atoms with Crippen molar-refractivity contribution >= 4 is 5.97 Å². The summed E-state index contributed by atoms with van der Waals surface area (Å²) in [7, 11) is 0. The van der Waals surface area contributed by atoms with E-state index in [0.29, 0.717) is 5.75 Å². The molecule has 0 aromatic heterocycles. The fourth-order valence-electron chi connectivity index (χ4n) is 5.33. The molecule has 3 aromatic rings. The molecular formula is C25H22O2. The van der Waals surface area contributed by atoms with Crippen LogP contribution >= 0.6 is 0 Å². The number of rotatable bonds is 2. The van der Waals surface area contributed by atoms with Gasteiger partial charge in [-0.15, -0.1) is 0 Å². The minimum atomic E-state index is -0.223. The van der Waals surface area contributed by atoms with Crippen molar-refractivity contribution in [2.24, 2.45) is 11.3 Å². The Balaban J connectivity index is 1.66. The molecule has 2 heteroatoms. The van der Waals surface area contributed by atoms with Crippen LogP contribution in [-0.2, 0) is 4.79 Å². The third-order valence-electron chi connectivity index (χ3n) is 6.38. The van der Waals surface area contributed by atoms with Crippen molar-refractivity contribution in [1.29, 1.82) is 0 Å². The van der Waals surface area contributed by atoms with Crippen LogP contribution in [-0.4, -0.2) is 5.97 Å². The second kappa shape index (κ2) is 5.82. The van der Waals surface area contributed by atoms with Gasteiger partial charge in [0.1, 0.15) is 5.75 Å². The first-order valence-electron chi connectivity index (χ1n) is 9.53. The first-order valence-corrected chi connectivity index (χ1v) is 9.53. The van der Waals surface area contributed by atoms with Crippen LogP contribution in [0.4, 0.5) is 0 Å². The van der Waals surface area contributed by atoms with E-state index >= 15 is 0 Å². The zero-order valence-electron chi connectivity index (χ0n) is 15.6. The van der Waals surface area contributed by atoms with Gasteiger partial charge >= 0.3 is 5.97 Å². The SMILES string of the molecule is CC1(C)C2c3ccccc3C(c3ccccc32)C1C(=O)Oc1ccccc1. The van der Waals surface area contributed by atoms with Gasteiger partial charge in [-0.1, -0.05) is 80.6 Å². The Hall–Kier alpha value is -2.87. The van der Waals surface area contributed by atoms with Gasteiger partial charge in [0.25, 0.3) is 0 Å². The number of hydrogen-bond donors (Lipinski definition) is 0. The summed E-state index contributed by atoms with van der Waals surface area (Å²) in [5.74, 6) is 0.496. The van der Waals surface area contributed by atoms with E-state index in [1.807, 2.05) is 30.3 Å². The van der Waals surface area contributed by atoms with Crippen LogP contribution in [0.3, 0.4) is 0 Å². The summed E-state index contributed by atoms with van der Waals surface area (Å²) in [6.07, 6.45) is 0. The molecule has 2 bridgehead atoms. The summed E-state index contributed by atoms with van der Waals surface area (Å²) in [5, 5.41) is 0. The topological polar surface area (TPSA) is 26.3 Å². The Bertz CT molecular complexity index is 972. The highest BCUT2D eigenvalue weighted by Crippen LogP contribution is 2.63. The summed E-state index contributed by atoms with van der Waals surface area (Å²) in [6.45, 7) is 4.43. The minimum absolute atomic E-state index is 0.0358. The van der Waals surface area contributed by atoms with E-state index in [1.54, 1.807) is 0 Å². The molecule has 0 spiro atoms. The van der Waals surface area contributed by atoms with Gasteiger partial charge in [0, 0.05) is 11.8 Å². The molecule has 2 nitrogen and oxygen atoms in total. The predicted molar refractivity (Wildman–Crippen MR) is 106 cm³/mol. The molecule has 6 rings (SSSR count). The summed E-state index contributed by atoms with van der Waals surface area (Å²) in [6, 6.07) is 26.6. The second-order valence-electron chi connectivity index (χ2n) is 8.20. The van der Waals surface area contributed by atoms with Gasteiger partial charge in [0.2, 0.25) is 0 Å². The lowest BCUT2D eigenvalue weighted by atomic mass is 9.48. The van der Waals surface area contributed by atoms with Crippen molar-refractivity contribution in [1.82, 2.24) is 0 Å². The van der Waals surface area contributed by atoms with Crippen molar-refractivity contribution < 1.29 is 9.53 Å². The molecule has 0 saturated carbocycles. The fourth-order valence-corrected chi connectivity index (χ4v) is 5.33. The van der Waals surface area contributed by atoms with Crippen LogP contribution < -0.4 is 4.74 Å². The zero-order chi connectivity index (χ0) is 18.6. The van der Waals surface area contributed by atoms with Gasteiger partial charge in [-0.05, 0) is 39.8 Å². The lowest BCUT2D eigenvalue weighted by Gasteiger charge is -2.54. The second-order valence-corrected chi connectivity index (χ2v) is 8.20. The van der Waals surface area contributed by atoms with Gasteiger partial charge in [0.05, 0.1) is 5.92 Å². The van der Waals surface area contributed by atoms with Crippen molar-refractivity contribution in [3.8, 4) is 5.75 Å². The maximum atomic E-state index is 13.4. The first-order chi connectivity index (χ1) is 13.1. The molecule has 0 heterocycles. The maximum absolute atomic E-state index is 13.4. The van der Waals surface area contributed by atoms with Gasteiger partial charge in [0.15, 0.2) is 0 Å². The van der Waals surface area contributed by atoms with Crippen LogP contribution in [0, 0.1) is 11.3 Å². The number of carbonyl (C=O) groups is 1. The average molecular weight is 354 g/mol. The molecule has 0 saturated heterocycles. The monoisotopic (exact) mass is 354 g/mol. The van der Waals surface area contributed by atoms with Crippen molar-refractivity contribution in [2.75, 3.05) is 0 Å². The van der Waals surface area contributed by atoms with E-state index in [2.05, 4.69) is 62.4 Å². The average Bonchev–Trinajstić information content (AvgIpc) is 2.68. The highest BCUT2D eigenvalue weighted by atomic mass is 16.5. The van der Waals surface area contributed by atoms with Crippen LogP contribution in [0.1, 0.15) is 47.9 Å². The number of benzene rings is 3. The summed E-state index contributed by atoms with van der Waals surface area (Å²) in [4.78, 5) is 13.4. The highest BCUT2D eigenvalue weighted by Gasteiger charge is 2.57. The molecule has 3 aliphatic rings. The van der Waals surface area contributed by atoms with Crippen LogP contribution in [0.15, 0.2) is 78.9 Å². The third-order valence-corrected chi connectivity index (χ3v) is 6.38. The standard InChI is InChI=1S/C25H22O2/c1-25(2)22-19-14-8-6-12-17(19)21(18-13-7-9-15-20(18)22)23(25)24(26)27-16-10-4-3-5-11-16/h3-15,21-23H,1-2H3. The zero-order valence-corrected chi connectivity index (χ0v) is 15.6. The fraction of sp³-hybridized carbons (Fsp3) is 0.240. The Morgan fingerprint density at radius 2 is 1.22 bits per heavy atom. The molecule has 0 N–H and O–H groups in total. The molecule has 1 atom stereocenters. The molecule has 0 fully saturated rings. The lowest BCUT2D eigenvalue weighted by molar-refractivity contribution is -0.145. The Kier molecular flexibility index (Phi) is 3.51. The molecule has 0 radical (unpaired) electrons. The van der Waals surface area contributed by atoms with E-state index in [9.17, 15) is 4.79 Å². The predicted octanol–water partition coefficient (Wildman–Crippen LogP) is 5.53. The van der Waals surface area contributed by atoms with E-state index < -0.39 is 0 Å². The quantitative estimate of drug-likeness (QED) is 0.447. The van der Waals surface area contributed by atoms with E-state index in [0.717, 1.165) is 0 Å². The van der Waals surface area contributed by atoms with Crippen LogP contribution in [0.2, 0.25) is 0 Å². The lowest BCUT2D eigenvalue weighted by Crippen LogP contribution is -2.50. The molecule has 3 aromatic carbocycles. The van der Waals surface area contributed by atoms with Crippen LogP contribution in [0.25, 0.3) is 0 Å². The molecule has 0 aliphatic heterocycles. The van der Waals surface area contributed by atoms with Gasteiger partial charge < -0.3 is 4.74 Å². The number of ether oxygens (including phenoxy) is 1. The molecule has 1 unspecified atom stereocenters. The molecule has 27 heavy (non-hydrogen) atoms. The van der Waals surface area contributed by atoms with Gasteiger partial charge in [-0.3, -0.25) is 4.79 Å². The number of esters is 1. The Morgan fingerprint density at radius 3 is 1.78 bits per heavy atom. The van der Waals surface area contributed by atoms with E-state index in [4.69, 9.17) is 4.74 Å². The number of hydrogen-bond acceptors (Lipinski definition) is 2. The smallest absolute Gasteiger partial charge is 0.315 e. The molecule has 3 aliphatic carbocycles. The molecule has 0 amide bonds. The molecular weight excluding hydrogens is 332 g/mol. The summed E-state index contributed by atoms with van der Waals surface area (Å²) >= 11 is 0. The Morgan fingerprint density at radius 1 is 0.741 bits per heavy atom. The Labute approximate surface area is 159 Å². The van der Waals surface area contributed by atoms with Crippen LogP contribution in [0.5, 0.6) is 5.75 Å². The van der Waals surface area contributed by atoms with E-state index in [1.165, 1.54) is 22.3 Å². The van der Waals surface area contributed by atoms with Gasteiger partial charge in [-0.25, -0.2) is 0 Å². The number of para-hydroxylation sites is 1. The largest absolute Gasteiger partial charge is 0.426 e. The van der Waals surface area contributed by atoms with E-state index in [-0.39, 0.29) is 29.1 Å². The van der Waals surface area contributed by atoms with Crippen molar-refractivity contribution in [3.05, 3.63) is 101 Å². The highest BCUT2D eigenvalue weighted by molar-refractivity contribution is 5.81. The normalized spacial score (nSPS) is 24.0. The first kappa shape index (κ1) is 16.3. The third kappa shape index (κ3) is 2.29. The number of fused-ring (bicyclic) bond motifs is 1. The molecule has 134 valence electrons. The summed E-state index contributed by atoms with van der Waals surface area (Å²) < 4.78 is 5.83. The summed E-state index contributed by atoms with van der Waals surface area (Å²) in [5.41, 5.74) is 5.04. The van der Waals surface area contributed by atoms with Crippen molar-refractivity contribution in [3.63, 3.8) is 0 Å². The van der Waals surface area contributed by atoms with Gasteiger partial charge in [-0.2, -0.15) is 0 Å².